The minimum atomic E-state index is -3.38. The van der Waals surface area contributed by atoms with Crippen LogP contribution < -0.4 is 0 Å². The van der Waals surface area contributed by atoms with E-state index in [0.29, 0.717) is 45.7 Å². The predicted molar refractivity (Wildman–Crippen MR) is 95.1 cm³/mol. The Balaban J connectivity index is 1.54. The Labute approximate surface area is 148 Å². The molecule has 3 rings (SSSR count). The first-order chi connectivity index (χ1) is 11.6. The topological polar surface area (TPSA) is 60.9 Å². The minimum absolute atomic E-state index is 0.0873. The molecule has 3 heterocycles. The highest BCUT2D eigenvalue weighted by Gasteiger charge is 2.33. The summed E-state index contributed by atoms with van der Waals surface area (Å²) in [7, 11) is -3.38. The third-order valence-electron chi connectivity index (χ3n) is 4.71. The lowest BCUT2D eigenvalue weighted by atomic mass is 10.2. The first-order valence-corrected chi connectivity index (χ1v) is 10.9. The smallest absolute Gasteiger partial charge is 0.282 e. The zero-order chi connectivity index (χ0) is 17.0. The second kappa shape index (κ2) is 7.95. The van der Waals surface area contributed by atoms with E-state index >= 15 is 0 Å². The molecule has 0 unspecified atom stereocenters. The van der Waals surface area contributed by atoms with E-state index in [1.165, 1.54) is 0 Å². The second-order valence-corrected chi connectivity index (χ2v) is 9.32. The summed E-state index contributed by atoms with van der Waals surface area (Å²) in [5.41, 5.74) is 0. The molecule has 1 aromatic rings. The Kier molecular flexibility index (Phi) is 5.91. The summed E-state index contributed by atoms with van der Waals surface area (Å²) >= 11 is 1.58. The van der Waals surface area contributed by atoms with Crippen LogP contribution in [0.25, 0.3) is 0 Å². The lowest BCUT2D eigenvalue weighted by molar-refractivity contribution is -0.131. The number of thiophene rings is 1. The van der Waals surface area contributed by atoms with Gasteiger partial charge in [-0.05, 0) is 24.3 Å². The van der Waals surface area contributed by atoms with E-state index in [0.717, 1.165) is 30.6 Å². The second-order valence-electron chi connectivity index (χ2n) is 6.36. The number of rotatable bonds is 4. The van der Waals surface area contributed by atoms with Crippen molar-refractivity contribution in [1.29, 1.82) is 0 Å². The van der Waals surface area contributed by atoms with Gasteiger partial charge in [0.25, 0.3) is 10.2 Å². The molecule has 2 aliphatic rings. The molecule has 2 aliphatic heterocycles. The van der Waals surface area contributed by atoms with Crippen molar-refractivity contribution in [3.63, 3.8) is 0 Å². The summed E-state index contributed by atoms with van der Waals surface area (Å²) in [6.07, 6.45) is 4.52. The third-order valence-corrected chi connectivity index (χ3v) is 7.63. The van der Waals surface area contributed by atoms with E-state index in [-0.39, 0.29) is 5.91 Å². The first kappa shape index (κ1) is 17.8. The summed E-state index contributed by atoms with van der Waals surface area (Å²) in [4.78, 5) is 15.2. The molecule has 24 heavy (non-hydrogen) atoms. The minimum Gasteiger partial charge on any atom is -0.340 e. The Hall–Kier alpha value is -0.960. The van der Waals surface area contributed by atoms with Gasteiger partial charge in [0, 0.05) is 44.1 Å². The molecule has 0 aromatic carbocycles. The number of carbonyl (C=O) groups is 1. The molecule has 0 bridgehead atoms. The first-order valence-electron chi connectivity index (χ1n) is 8.63. The van der Waals surface area contributed by atoms with Gasteiger partial charge in [-0.3, -0.25) is 4.79 Å². The monoisotopic (exact) mass is 371 g/mol. The van der Waals surface area contributed by atoms with Gasteiger partial charge in [-0.1, -0.05) is 18.9 Å². The van der Waals surface area contributed by atoms with E-state index in [9.17, 15) is 13.2 Å². The van der Waals surface area contributed by atoms with E-state index < -0.39 is 10.2 Å². The zero-order valence-electron chi connectivity index (χ0n) is 13.9. The van der Waals surface area contributed by atoms with Crippen LogP contribution in [0.15, 0.2) is 17.5 Å². The summed E-state index contributed by atoms with van der Waals surface area (Å²) in [5, 5.41) is 1.97. The number of amides is 1. The Morgan fingerprint density at radius 2 is 1.58 bits per heavy atom. The van der Waals surface area contributed by atoms with Crippen molar-refractivity contribution in [2.75, 3.05) is 39.3 Å². The lowest BCUT2D eigenvalue weighted by Gasteiger charge is -2.36. The quantitative estimate of drug-likeness (QED) is 0.807. The summed E-state index contributed by atoms with van der Waals surface area (Å²) in [5.74, 6) is 0.0873. The molecule has 0 aliphatic carbocycles. The SMILES string of the molecule is O=C(Cc1cccs1)N1CCN(S(=O)(=O)N2CCCCCC2)CC1. The van der Waals surface area contributed by atoms with Crippen LogP contribution >= 0.6 is 11.3 Å². The lowest BCUT2D eigenvalue weighted by Crippen LogP contribution is -2.54. The zero-order valence-corrected chi connectivity index (χ0v) is 15.5. The molecular weight excluding hydrogens is 346 g/mol. The van der Waals surface area contributed by atoms with E-state index in [1.807, 2.05) is 17.5 Å². The standard InChI is InChI=1S/C16H25N3O3S2/c20-16(14-15-6-5-13-23-15)17-9-11-19(12-10-17)24(21,22)18-7-3-1-2-4-8-18/h5-6,13H,1-4,7-12,14H2. The van der Waals surface area contributed by atoms with Gasteiger partial charge in [-0.2, -0.15) is 17.0 Å². The van der Waals surface area contributed by atoms with Crippen molar-refractivity contribution < 1.29 is 13.2 Å². The van der Waals surface area contributed by atoms with Crippen LogP contribution in [0.1, 0.15) is 30.6 Å². The van der Waals surface area contributed by atoms with Crippen molar-refractivity contribution in [2.24, 2.45) is 0 Å². The van der Waals surface area contributed by atoms with E-state index in [2.05, 4.69) is 0 Å². The van der Waals surface area contributed by atoms with Crippen molar-refractivity contribution in [3.8, 4) is 0 Å². The largest absolute Gasteiger partial charge is 0.340 e. The van der Waals surface area contributed by atoms with Gasteiger partial charge < -0.3 is 4.90 Å². The Morgan fingerprint density at radius 3 is 2.17 bits per heavy atom. The van der Waals surface area contributed by atoms with Crippen LogP contribution in [0.5, 0.6) is 0 Å². The van der Waals surface area contributed by atoms with Crippen LogP contribution in [-0.4, -0.2) is 67.1 Å². The van der Waals surface area contributed by atoms with Gasteiger partial charge in [0.15, 0.2) is 0 Å². The average Bonchev–Trinajstić information content (AvgIpc) is 2.93. The van der Waals surface area contributed by atoms with Crippen LogP contribution in [0.2, 0.25) is 0 Å². The van der Waals surface area contributed by atoms with Gasteiger partial charge in [0.1, 0.15) is 0 Å². The van der Waals surface area contributed by atoms with Crippen LogP contribution in [0, 0.1) is 0 Å². The van der Waals surface area contributed by atoms with E-state index in [1.54, 1.807) is 24.8 Å². The molecule has 6 nitrogen and oxygen atoms in total. The number of hydrogen-bond acceptors (Lipinski definition) is 4. The fraction of sp³-hybridized carbons (Fsp3) is 0.688. The molecular formula is C16H25N3O3S2. The van der Waals surface area contributed by atoms with Crippen molar-refractivity contribution in [1.82, 2.24) is 13.5 Å². The molecule has 1 amide bonds. The van der Waals surface area contributed by atoms with Crippen molar-refractivity contribution >= 4 is 27.5 Å². The Morgan fingerprint density at radius 1 is 0.958 bits per heavy atom. The molecule has 0 atom stereocenters. The van der Waals surface area contributed by atoms with Crippen molar-refractivity contribution in [3.05, 3.63) is 22.4 Å². The van der Waals surface area contributed by atoms with Gasteiger partial charge in [0.05, 0.1) is 6.42 Å². The Bertz CT molecular complexity index is 630. The molecule has 2 fully saturated rings. The molecule has 8 heteroatoms. The molecule has 134 valence electrons. The number of carbonyl (C=O) groups excluding carboxylic acids is 1. The van der Waals surface area contributed by atoms with Gasteiger partial charge in [-0.15, -0.1) is 11.3 Å². The van der Waals surface area contributed by atoms with Crippen LogP contribution in [-0.2, 0) is 21.4 Å². The summed E-state index contributed by atoms with van der Waals surface area (Å²) in [6, 6.07) is 3.90. The van der Waals surface area contributed by atoms with Crippen LogP contribution in [0.4, 0.5) is 0 Å². The molecule has 0 spiro atoms. The maximum absolute atomic E-state index is 12.8. The molecule has 0 saturated carbocycles. The fourth-order valence-corrected chi connectivity index (χ4v) is 5.64. The molecule has 0 radical (unpaired) electrons. The van der Waals surface area contributed by atoms with Gasteiger partial charge >= 0.3 is 0 Å². The molecule has 2 saturated heterocycles. The molecule has 1 aromatic heterocycles. The number of piperazine rings is 1. The summed E-state index contributed by atoms with van der Waals surface area (Å²) < 4.78 is 28.7. The average molecular weight is 372 g/mol. The number of hydrogen-bond donors (Lipinski definition) is 0. The highest BCUT2D eigenvalue weighted by Crippen LogP contribution is 2.18. The van der Waals surface area contributed by atoms with E-state index in [4.69, 9.17) is 0 Å². The highest BCUT2D eigenvalue weighted by molar-refractivity contribution is 7.86. The highest BCUT2D eigenvalue weighted by atomic mass is 32.2. The van der Waals surface area contributed by atoms with Gasteiger partial charge in [-0.25, -0.2) is 0 Å². The van der Waals surface area contributed by atoms with Crippen LogP contribution in [0.3, 0.4) is 0 Å². The fourth-order valence-electron chi connectivity index (χ4n) is 3.28. The van der Waals surface area contributed by atoms with Crippen molar-refractivity contribution in [2.45, 2.75) is 32.1 Å². The van der Waals surface area contributed by atoms with Gasteiger partial charge in [0.2, 0.25) is 5.91 Å². The predicted octanol–water partition coefficient (Wildman–Crippen LogP) is 1.56. The normalized spacial score (nSPS) is 21.6. The number of nitrogens with zero attached hydrogens (tertiary/aromatic N) is 3. The maximum Gasteiger partial charge on any atom is 0.282 e. The third kappa shape index (κ3) is 4.17. The summed E-state index contributed by atoms with van der Waals surface area (Å²) in [6.45, 7) is 3.01. The maximum atomic E-state index is 12.8. The molecule has 0 N–H and O–H groups in total.